The van der Waals surface area contributed by atoms with E-state index in [0.717, 1.165) is 5.56 Å². The first kappa shape index (κ1) is 16.7. The van der Waals surface area contributed by atoms with Crippen molar-refractivity contribution in [3.63, 3.8) is 0 Å². The van der Waals surface area contributed by atoms with Gasteiger partial charge in [0.25, 0.3) is 0 Å². The molecule has 2 aromatic heterocycles. The maximum Gasteiger partial charge on any atom is 0.352 e. The van der Waals surface area contributed by atoms with Gasteiger partial charge >= 0.3 is 5.69 Å². The highest BCUT2D eigenvalue weighted by Crippen LogP contribution is 2.22. The van der Waals surface area contributed by atoms with Crippen molar-refractivity contribution in [2.75, 3.05) is 0 Å². The number of rotatable bonds is 4. The van der Waals surface area contributed by atoms with E-state index in [2.05, 4.69) is 10.1 Å². The van der Waals surface area contributed by atoms with Crippen LogP contribution in [-0.2, 0) is 6.54 Å². The van der Waals surface area contributed by atoms with Crippen LogP contribution in [0.5, 0.6) is 0 Å². The van der Waals surface area contributed by atoms with Gasteiger partial charge in [-0.3, -0.25) is 4.57 Å². The summed E-state index contributed by atoms with van der Waals surface area (Å²) in [7, 11) is 0. The predicted octanol–water partition coefficient (Wildman–Crippen LogP) is 2.56. The van der Waals surface area contributed by atoms with Crippen LogP contribution in [0.3, 0.4) is 0 Å². The Balaban J connectivity index is 2.26. The van der Waals surface area contributed by atoms with E-state index in [-0.39, 0.29) is 17.6 Å². The van der Waals surface area contributed by atoms with Gasteiger partial charge in [0, 0.05) is 0 Å². The molecule has 0 amide bonds. The topological polar surface area (TPSA) is 78.2 Å². The van der Waals surface area contributed by atoms with Crippen LogP contribution in [0, 0.1) is 12.8 Å². The normalized spacial score (nSPS) is 12.9. The number of hydrogen-bond donors (Lipinski definition) is 1. The van der Waals surface area contributed by atoms with Gasteiger partial charge in [-0.15, -0.1) is 0 Å². The number of hydrogen-bond acceptors (Lipinski definition) is 4. The Morgan fingerprint density at radius 2 is 1.92 bits per heavy atom. The van der Waals surface area contributed by atoms with Gasteiger partial charge in [-0.05, 0) is 18.4 Å². The lowest BCUT2D eigenvalue weighted by Gasteiger charge is -2.20. The second kappa shape index (κ2) is 6.37. The van der Waals surface area contributed by atoms with Crippen molar-refractivity contribution in [2.45, 2.75) is 33.4 Å². The summed E-state index contributed by atoms with van der Waals surface area (Å²) in [6.45, 7) is 6.13. The quantitative estimate of drug-likeness (QED) is 0.788. The third-order valence-electron chi connectivity index (χ3n) is 4.07. The standard InChI is InChI=1S/C17H20ClN5O/c1-10(2)14(19)16-20-15-13(18)11(3)21-23(15)17(24)22(16)9-12-7-5-4-6-8-12/h4-8,10,14H,9,19H2,1-3H3/t14-/m0/s1. The van der Waals surface area contributed by atoms with Gasteiger partial charge in [-0.25, -0.2) is 9.78 Å². The fourth-order valence-corrected chi connectivity index (χ4v) is 2.73. The van der Waals surface area contributed by atoms with Crippen molar-refractivity contribution in [1.82, 2.24) is 19.2 Å². The number of aryl methyl sites for hydroxylation is 1. The Labute approximate surface area is 144 Å². The first-order valence-corrected chi connectivity index (χ1v) is 8.23. The molecule has 0 radical (unpaired) electrons. The molecule has 0 saturated carbocycles. The second-order valence-electron chi connectivity index (χ2n) is 6.23. The monoisotopic (exact) mass is 345 g/mol. The average Bonchev–Trinajstić information content (AvgIpc) is 2.85. The third-order valence-corrected chi connectivity index (χ3v) is 4.52. The van der Waals surface area contributed by atoms with E-state index in [9.17, 15) is 4.79 Å². The number of aromatic nitrogens is 4. The minimum absolute atomic E-state index is 0.129. The molecule has 0 aliphatic carbocycles. The molecule has 0 aliphatic heterocycles. The lowest BCUT2D eigenvalue weighted by atomic mass is 10.0. The van der Waals surface area contributed by atoms with Gasteiger partial charge in [0.05, 0.1) is 18.3 Å². The summed E-state index contributed by atoms with van der Waals surface area (Å²) in [6.07, 6.45) is 0. The Morgan fingerprint density at radius 1 is 1.25 bits per heavy atom. The minimum Gasteiger partial charge on any atom is -0.321 e. The van der Waals surface area contributed by atoms with Crippen LogP contribution < -0.4 is 11.4 Å². The Morgan fingerprint density at radius 3 is 2.54 bits per heavy atom. The summed E-state index contributed by atoms with van der Waals surface area (Å²) in [5, 5.41) is 4.59. The van der Waals surface area contributed by atoms with E-state index in [1.54, 1.807) is 11.5 Å². The molecule has 1 atom stereocenters. The van der Waals surface area contributed by atoms with Crippen molar-refractivity contribution in [3.05, 3.63) is 62.9 Å². The summed E-state index contributed by atoms with van der Waals surface area (Å²) in [5.41, 5.74) is 7.95. The smallest absolute Gasteiger partial charge is 0.321 e. The van der Waals surface area contributed by atoms with Gasteiger partial charge in [-0.2, -0.15) is 9.61 Å². The van der Waals surface area contributed by atoms with E-state index < -0.39 is 0 Å². The number of nitrogens with zero attached hydrogens (tertiary/aromatic N) is 4. The molecule has 3 aromatic rings. The van der Waals surface area contributed by atoms with Crippen LogP contribution in [0.25, 0.3) is 5.65 Å². The van der Waals surface area contributed by atoms with E-state index in [4.69, 9.17) is 17.3 Å². The third kappa shape index (κ3) is 2.83. The fourth-order valence-electron chi connectivity index (χ4n) is 2.57. The first-order valence-electron chi connectivity index (χ1n) is 7.85. The molecule has 1 aromatic carbocycles. The van der Waals surface area contributed by atoms with Crippen molar-refractivity contribution in [2.24, 2.45) is 11.7 Å². The number of halogens is 1. The SMILES string of the molecule is Cc1nn2c(=O)n(Cc3ccccc3)c([C@@H](N)C(C)C)nc2c1Cl. The minimum atomic E-state index is -0.377. The zero-order valence-electron chi connectivity index (χ0n) is 13.9. The largest absolute Gasteiger partial charge is 0.352 e. The Kier molecular flexibility index (Phi) is 4.43. The van der Waals surface area contributed by atoms with Crippen LogP contribution in [0.1, 0.15) is 37.0 Å². The van der Waals surface area contributed by atoms with Crippen molar-refractivity contribution >= 4 is 17.2 Å². The highest BCUT2D eigenvalue weighted by Gasteiger charge is 2.22. The number of fused-ring (bicyclic) bond motifs is 1. The van der Waals surface area contributed by atoms with Gasteiger partial charge in [0.2, 0.25) is 0 Å². The maximum absolute atomic E-state index is 13.0. The number of nitrogens with two attached hydrogens (primary N) is 1. The van der Waals surface area contributed by atoms with E-state index in [0.29, 0.717) is 28.7 Å². The summed E-state index contributed by atoms with van der Waals surface area (Å²) in [5.74, 6) is 0.650. The van der Waals surface area contributed by atoms with E-state index in [1.807, 2.05) is 44.2 Å². The van der Waals surface area contributed by atoms with Crippen LogP contribution in [0.4, 0.5) is 0 Å². The van der Waals surface area contributed by atoms with E-state index >= 15 is 0 Å². The molecule has 7 heteroatoms. The summed E-state index contributed by atoms with van der Waals surface area (Å²) in [6, 6.07) is 9.35. The van der Waals surface area contributed by atoms with Crippen molar-refractivity contribution in [1.29, 1.82) is 0 Å². The predicted molar refractivity (Wildman–Crippen MR) is 94.3 cm³/mol. The first-order chi connectivity index (χ1) is 11.4. The molecule has 0 spiro atoms. The maximum atomic E-state index is 13.0. The molecule has 0 bridgehead atoms. The highest BCUT2D eigenvalue weighted by molar-refractivity contribution is 6.34. The van der Waals surface area contributed by atoms with Crippen LogP contribution in [-0.4, -0.2) is 19.2 Å². The lowest BCUT2D eigenvalue weighted by molar-refractivity contribution is 0.454. The summed E-state index contributed by atoms with van der Waals surface area (Å²) in [4.78, 5) is 17.5. The van der Waals surface area contributed by atoms with Gasteiger partial charge in [0.1, 0.15) is 10.8 Å². The molecule has 6 nitrogen and oxygen atoms in total. The molecule has 126 valence electrons. The molecule has 2 N–H and O–H groups in total. The average molecular weight is 346 g/mol. The molecule has 2 heterocycles. The molecule has 0 unspecified atom stereocenters. The molecule has 24 heavy (non-hydrogen) atoms. The second-order valence-corrected chi connectivity index (χ2v) is 6.61. The van der Waals surface area contributed by atoms with Crippen LogP contribution >= 0.6 is 11.6 Å². The molecule has 3 rings (SSSR count). The molecule has 0 saturated heterocycles. The zero-order valence-corrected chi connectivity index (χ0v) is 14.7. The lowest BCUT2D eigenvalue weighted by Crippen LogP contribution is -2.35. The highest BCUT2D eigenvalue weighted by atomic mass is 35.5. The molecular weight excluding hydrogens is 326 g/mol. The van der Waals surface area contributed by atoms with Crippen LogP contribution in [0.15, 0.2) is 35.1 Å². The summed E-state index contributed by atoms with van der Waals surface area (Å²) >= 11 is 6.25. The fraction of sp³-hybridized carbons (Fsp3) is 0.353. The Bertz CT molecular complexity index is 930. The van der Waals surface area contributed by atoms with Gasteiger partial charge in [0.15, 0.2) is 5.65 Å². The molecule has 0 aliphatic rings. The zero-order chi connectivity index (χ0) is 17.4. The van der Waals surface area contributed by atoms with Gasteiger partial charge < -0.3 is 5.73 Å². The van der Waals surface area contributed by atoms with Crippen LogP contribution in [0.2, 0.25) is 5.02 Å². The molecular formula is C17H20ClN5O. The summed E-state index contributed by atoms with van der Waals surface area (Å²) < 4.78 is 2.83. The molecule has 0 fully saturated rings. The van der Waals surface area contributed by atoms with Gasteiger partial charge in [-0.1, -0.05) is 55.8 Å². The van der Waals surface area contributed by atoms with Crippen molar-refractivity contribution < 1.29 is 0 Å². The van der Waals surface area contributed by atoms with Crippen molar-refractivity contribution in [3.8, 4) is 0 Å². The van der Waals surface area contributed by atoms with E-state index in [1.165, 1.54) is 4.52 Å². The Hall–Kier alpha value is -2.18. The number of benzene rings is 1.